The second-order valence-corrected chi connectivity index (χ2v) is 8.14. The Morgan fingerprint density at radius 3 is 2.53 bits per heavy atom. The van der Waals surface area contributed by atoms with Crippen LogP contribution >= 0.6 is 22.9 Å². The molecule has 1 N–H and O–H groups in total. The number of carbonyl (C=O) groups is 2. The maximum Gasteiger partial charge on any atom is 0.359 e. The van der Waals surface area contributed by atoms with Crippen molar-refractivity contribution in [1.29, 1.82) is 0 Å². The van der Waals surface area contributed by atoms with Gasteiger partial charge in [0.15, 0.2) is 5.69 Å². The predicted octanol–water partition coefficient (Wildman–Crippen LogP) is 4.46. The summed E-state index contributed by atoms with van der Waals surface area (Å²) >= 11 is 7.05. The van der Waals surface area contributed by atoms with Gasteiger partial charge in [-0.25, -0.2) is 4.79 Å². The number of aromatic nitrogens is 2. The van der Waals surface area contributed by atoms with Crippen LogP contribution in [0, 0.1) is 0 Å². The molecule has 4 rings (SSSR count). The minimum atomic E-state index is -0.640. The van der Waals surface area contributed by atoms with E-state index in [1.807, 2.05) is 6.07 Å². The van der Waals surface area contributed by atoms with Crippen LogP contribution in [0.5, 0.6) is 0 Å². The lowest BCUT2D eigenvalue weighted by molar-refractivity contribution is -0.115. The standard InChI is InChI=1S/C23H18ClN3O4S/c1-2-31-23(30)20-17-13-32-21(25-18(28)12-14-8-10-15(24)11-9-14)19(17)22(29)27(26-20)16-6-4-3-5-7-16/h3-11,13H,2,12H2,1H3,(H,25,28). The van der Waals surface area contributed by atoms with Crippen molar-refractivity contribution in [2.24, 2.45) is 0 Å². The maximum absolute atomic E-state index is 13.3. The number of esters is 1. The normalized spacial score (nSPS) is 10.8. The van der Waals surface area contributed by atoms with Crippen molar-refractivity contribution in [2.75, 3.05) is 11.9 Å². The van der Waals surface area contributed by atoms with Crippen LogP contribution in [-0.4, -0.2) is 28.3 Å². The summed E-state index contributed by atoms with van der Waals surface area (Å²) in [5.74, 6) is -0.935. The zero-order valence-corrected chi connectivity index (χ0v) is 18.6. The molecule has 1 amide bonds. The predicted molar refractivity (Wildman–Crippen MR) is 125 cm³/mol. The molecule has 4 aromatic rings. The van der Waals surface area contributed by atoms with Gasteiger partial charge in [-0.05, 0) is 36.8 Å². The quantitative estimate of drug-likeness (QED) is 0.423. The van der Waals surface area contributed by atoms with Gasteiger partial charge in [-0.15, -0.1) is 11.3 Å². The van der Waals surface area contributed by atoms with Crippen LogP contribution < -0.4 is 10.9 Å². The number of rotatable bonds is 6. The number of hydrogen-bond acceptors (Lipinski definition) is 6. The number of nitrogens with one attached hydrogen (secondary N) is 1. The molecule has 0 saturated carbocycles. The van der Waals surface area contributed by atoms with Crippen LogP contribution in [0.2, 0.25) is 5.02 Å². The molecule has 7 nitrogen and oxygen atoms in total. The lowest BCUT2D eigenvalue weighted by atomic mass is 10.1. The molecular formula is C23H18ClN3O4S. The molecular weight excluding hydrogens is 450 g/mol. The lowest BCUT2D eigenvalue weighted by Gasteiger charge is -2.10. The Labute approximate surface area is 192 Å². The summed E-state index contributed by atoms with van der Waals surface area (Å²) in [5.41, 5.74) is 0.847. The molecule has 2 aromatic carbocycles. The Balaban J connectivity index is 1.77. The summed E-state index contributed by atoms with van der Waals surface area (Å²) in [5, 5.41) is 10.2. The third-order valence-corrected chi connectivity index (χ3v) is 5.80. The van der Waals surface area contributed by atoms with Gasteiger partial charge in [0.2, 0.25) is 5.91 Å². The fourth-order valence-corrected chi connectivity index (χ4v) is 4.27. The highest BCUT2D eigenvalue weighted by Gasteiger charge is 2.23. The number of thiophene rings is 1. The first-order valence-electron chi connectivity index (χ1n) is 9.79. The van der Waals surface area contributed by atoms with Gasteiger partial charge in [0.05, 0.1) is 24.1 Å². The number of hydrogen-bond donors (Lipinski definition) is 1. The first kappa shape index (κ1) is 21.7. The van der Waals surface area contributed by atoms with Crippen LogP contribution in [0.1, 0.15) is 23.0 Å². The molecule has 0 unspecified atom stereocenters. The highest BCUT2D eigenvalue weighted by atomic mass is 35.5. The monoisotopic (exact) mass is 467 g/mol. The van der Waals surface area contributed by atoms with Gasteiger partial charge in [0, 0.05) is 15.8 Å². The number of ether oxygens (including phenoxy) is 1. The van der Waals surface area contributed by atoms with Crippen molar-refractivity contribution >= 4 is 50.6 Å². The van der Waals surface area contributed by atoms with Crippen LogP contribution in [0.25, 0.3) is 16.5 Å². The first-order chi connectivity index (χ1) is 15.5. The Hall–Kier alpha value is -3.49. The Morgan fingerprint density at radius 2 is 1.84 bits per heavy atom. The molecule has 0 aliphatic heterocycles. The Kier molecular flexibility index (Phi) is 6.34. The number of nitrogens with zero attached hydrogens (tertiary/aromatic N) is 2. The van der Waals surface area contributed by atoms with Crippen molar-refractivity contribution in [3.05, 3.63) is 86.6 Å². The number of fused-ring (bicyclic) bond motifs is 1. The molecule has 0 radical (unpaired) electrons. The minimum Gasteiger partial charge on any atom is -0.461 e. The topological polar surface area (TPSA) is 90.3 Å². The van der Waals surface area contributed by atoms with E-state index < -0.39 is 11.5 Å². The number of anilines is 1. The van der Waals surface area contributed by atoms with E-state index >= 15 is 0 Å². The molecule has 0 spiro atoms. The maximum atomic E-state index is 13.3. The van der Waals surface area contributed by atoms with Gasteiger partial charge < -0.3 is 10.1 Å². The van der Waals surface area contributed by atoms with Crippen molar-refractivity contribution < 1.29 is 14.3 Å². The summed E-state index contributed by atoms with van der Waals surface area (Å²) < 4.78 is 6.28. The number of para-hydroxylation sites is 1. The summed E-state index contributed by atoms with van der Waals surface area (Å²) in [6.07, 6.45) is 0.110. The van der Waals surface area contributed by atoms with Crippen LogP contribution in [0.15, 0.2) is 64.8 Å². The number of amides is 1. The summed E-state index contributed by atoms with van der Waals surface area (Å²) in [6, 6.07) is 15.7. The second kappa shape index (κ2) is 9.33. The van der Waals surface area contributed by atoms with E-state index in [9.17, 15) is 14.4 Å². The van der Waals surface area contributed by atoms with E-state index in [1.54, 1.807) is 60.8 Å². The smallest absolute Gasteiger partial charge is 0.359 e. The zero-order chi connectivity index (χ0) is 22.7. The van der Waals surface area contributed by atoms with E-state index in [0.717, 1.165) is 21.6 Å². The van der Waals surface area contributed by atoms with Crippen molar-refractivity contribution in [1.82, 2.24) is 9.78 Å². The average molecular weight is 468 g/mol. The second-order valence-electron chi connectivity index (χ2n) is 6.83. The molecule has 32 heavy (non-hydrogen) atoms. The van der Waals surface area contributed by atoms with Gasteiger partial charge >= 0.3 is 5.97 Å². The van der Waals surface area contributed by atoms with E-state index in [1.165, 1.54) is 0 Å². The molecule has 0 fully saturated rings. The fourth-order valence-electron chi connectivity index (χ4n) is 3.19. The van der Waals surface area contributed by atoms with Gasteiger partial charge in [-0.3, -0.25) is 9.59 Å². The minimum absolute atomic E-state index is 0.0137. The third kappa shape index (κ3) is 4.42. The van der Waals surface area contributed by atoms with Gasteiger partial charge in [-0.1, -0.05) is 41.9 Å². The number of carbonyl (C=O) groups excluding carboxylic acids is 2. The van der Waals surface area contributed by atoms with Crippen LogP contribution in [0.4, 0.5) is 5.00 Å². The van der Waals surface area contributed by atoms with E-state index in [0.29, 0.717) is 21.1 Å². The Bertz CT molecular complexity index is 1350. The molecule has 0 bridgehead atoms. The van der Waals surface area contributed by atoms with E-state index in [4.69, 9.17) is 16.3 Å². The number of benzene rings is 2. The molecule has 0 saturated heterocycles. The number of halogens is 1. The molecule has 9 heteroatoms. The summed E-state index contributed by atoms with van der Waals surface area (Å²) in [7, 11) is 0. The van der Waals surface area contributed by atoms with E-state index in [-0.39, 0.29) is 30.0 Å². The van der Waals surface area contributed by atoms with Crippen molar-refractivity contribution in [3.8, 4) is 5.69 Å². The highest BCUT2D eigenvalue weighted by molar-refractivity contribution is 7.16. The molecule has 162 valence electrons. The molecule has 0 atom stereocenters. The zero-order valence-electron chi connectivity index (χ0n) is 17.0. The van der Waals surface area contributed by atoms with Crippen LogP contribution in [0.3, 0.4) is 0 Å². The van der Waals surface area contributed by atoms with Gasteiger partial charge in [-0.2, -0.15) is 9.78 Å². The van der Waals surface area contributed by atoms with E-state index in [2.05, 4.69) is 10.4 Å². The molecule has 0 aliphatic rings. The van der Waals surface area contributed by atoms with Crippen LogP contribution in [-0.2, 0) is 16.0 Å². The first-order valence-corrected chi connectivity index (χ1v) is 11.0. The van der Waals surface area contributed by atoms with Gasteiger partial charge in [0.25, 0.3) is 5.56 Å². The largest absolute Gasteiger partial charge is 0.461 e. The molecule has 0 aliphatic carbocycles. The van der Waals surface area contributed by atoms with Gasteiger partial charge in [0.1, 0.15) is 5.00 Å². The highest BCUT2D eigenvalue weighted by Crippen LogP contribution is 2.30. The summed E-state index contributed by atoms with van der Waals surface area (Å²) in [4.78, 5) is 38.5. The average Bonchev–Trinajstić information content (AvgIpc) is 3.20. The van der Waals surface area contributed by atoms with Crippen molar-refractivity contribution in [3.63, 3.8) is 0 Å². The molecule has 2 heterocycles. The summed E-state index contributed by atoms with van der Waals surface area (Å²) in [6.45, 7) is 1.86. The molecule has 2 aromatic heterocycles. The fraction of sp³-hybridized carbons (Fsp3) is 0.130. The van der Waals surface area contributed by atoms with Crippen molar-refractivity contribution in [2.45, 2.75) is 13.3 Å². The third-order valence-electron chi connectivity index (χ3n) is 4.65. The Morgan fingerprint density at radius 1 is 1.12 bits per heavy atom. The SMILES string of the molecule is CCOC(=O)c1nn(-c2ccccc2)c(=O)c2c(NC(=O)Cc3ccc(Cl)cc3)scc12. The lowest BCUT2D eigenvalue weighted by Crippen LogP contribution is -2.25.